The summed E-state index contributed by atoms with van der Waals surface area (Å²) in [7, 11) is 0. The van der Waals surface area contributed by atoms with Crippen molar-refractivity contribution < 1.29 is 20.4 Å². The van der Waals surface area contributed by atoms with Crippen molar-refractivity contribution in [1.29, 1.82) is 0 Å². The Balaban J connectivity index is 1.66. The fourth-order valence-electron chi connectivity index (χ4n) is 9.78. The third-order valence-electron chi connectivity index (χ3n) is 10.5. The third-order valence-corrected chi connectivity index (χ3v) is 10.5. The van der Waals surface area contributed by atoms with Gasteiger partial charge in [-0.05, 0) is 68.2 Å². The molecule has 5 nitrogen and oxygen atoms in total. The first-order valence-electron chi connectivity index (χ1n) is 10.8. The molecule has 6 fully saturated rings. The molecule has 5 aliphatic carbocycles. The Morgan fingerprint density at radius 2 is 1.85 bits per heavy atom. The van der Waals surface area contributed by atoms with Crippen LogP contribution in [0.3, 0.4) is 0 Å². The number of aliphatic hydroxyl groups excluding tert-OH is 2. The summed E-state index contributed by atoms with van der Waals surface area (Å²) in [6, 6.07) is -0.177. The van der Waals surface area contributed by atoms with Crippen LogP contribution in [0, 0.1) is 34.5 Å². The molecule has 6 aliphatic rings. The van der Waals surface area contributed by atoms with Crippen molar-refractivity contribution in [3.05, 3.63) is 0 Å². The topological polar surface area (TPSA) is 84.2 Å². The van der Waals surface area contributed by atoms with Crippen LogP contribution < -0.4 is 0 Å². The van der Waals surface area contributed by atoms with E-state index in [1.54, 1.807) is 0 Å². The van der Waals surface area contributed by atoms with E-state index in [0.717, 1.165) is 38.8 Å². The van der Waals surface area contributed by atoms with Crippen molar-refractivity contribution >= 4 is 0 Å². The molecule has 5 saturated carbocycles. The van der Waals surface area contributed by atoms with Gasteiger partial charge >= 0.3 is 0 Å². The SMILES string of the molecule is CCN1C[C@]2(C)CC[C@H](O)[C@@]34[C@@H]5C[C@@H]6CC[C@@](O)([C@H]5[C@H]6O)[C@](O)(C[C@H]23)[C@@H]14. The molecule has 1 aliphatic heterocycles. The Kier molecular flexibility index (Phi) is 2.90. The lowest BCUT2D eigenvalue weighted by molar-refractivity contribution is -0.303. The minimum absolute atomic E-state index is 0.0776. The Labute approximate surface area is 155 Å². The summed E-state index contributed by atoms with van der Waals surface area (Å²) in [5, 5.41) is 46.6. The number of hydrogen-bond donors (Lipinski definition) is 4. The van der Waals surface area contributed by atoms with Gasteiger partial charge in [-0.15, -0.1) is 0 Å². The van der Waals surface area contributed by atoms with Gasteiger partial charge in [0.25, 0.3) is 0 Å². The second-order valence-corrected chi connectivity index (χ2v) is 10.9. The number of rotatable bonds is 1. The monoisotopic (exact) mass is 363 g/mol. The minimum Gasteiger partial charge on any atom is -0.392 e. The van der Waals surface area contributed by atoms with Crippen LogP contribution >= 0.6 is 0 Å². The Morgan fingerprint density at radius 1 is 1.08 bits per heavy atom. The second-order valence-electron chi connectivity index (χ2n) is 10.9. The Morgan fingerprint density at radius 3 is 2.58 bits per heavy atom. The summed E-state index contributed by atoms with van der Waals surface area (Å²) in [5.41, 5.74) is -2.72. The molecule has 0 unspecified atom stereocenters. The van der Waals surface area contributed by atoms with Crippen molar-refractivity contribution in [2.45, 2.75) is 81.8 Å². The maximum absolute atomic E-state index is 12.2. The maximum Gasteiger partial charge on any atom is 0.110 e. The predicted octanol–water partition coefficient (Wildman–Crippen LogP) is 0.741. The maximum atomic E-state index is 12.2. The average molecular weight is 363 g/mol. The van der Waals surface area contributed by atoms with E-state index in [-0.39, 0.29) is 40.5 Å². The van der Waals surface area contributed by atoms with Crippen molar-refractivity contribution in [3.8, 4) is 0 Å². The van der Waals surface area contributed by atoms with E-state index in [9.17, 15) is 20.4 Å². The molecule has 11 atom stereocenters. The van der Waals surface area contributed by atoms with Crippen molar-refractivity contribution in [2.24, 2.45) is 34.5 Å². The molecule has 1 heterocycles. The minimum atomic E-state index is -1.21. The standard InChI is InChI=1S/C21H33NO4/c1-3-22-10-18(2)6-5-14(23)21-12-8-11-4-7-19(25,15(12)16(11)24)20(26,17(21)22)9-13(18)21/h11-17,23-26H,3-10H2,1-2H3/t11-,12+,13+,14-,15+,16-,17+,18-,19+,20-,21+/m0/s1. The van der Waals surface area contributed by atoms with Gasteiger partial charge < -0.3 is 20.4 Å². The van der Waals surface area contributed by atoms with Crippen LogP contribution in [-0.4, -0.2) is 67.9 Å². The average Bonchev–Trinajstić information content (AvgIpc) is 2.96. The highest BCUT2D eigenvalue weighted by Gasteiger charge is 2.86. The largest absolute Gasteiger partial charge is 0.392 e. The van der Waals surface area contributed by atoms with Crippen LogP contribution in [0.5, 0.6) is 0 Å². The molecule has 6 rings (SSSR count). The van der Waals surface area contributed by atoms with Gasteiger partial charge in [0.1, 0.15) is 11.2 Å². The number of aliphatic hydroxyl groups is 4. The van der Waals surface area contributed by atoms with Crippen LogP contribution in [0.4, 0.5) is 0 Å². The lowest BCUT2D eigenvalue weighted by atomic mass is 9.43. The summed E-state index contributed by atoms with van der Waals surface area (Å²) in [6.07, 6.45) is 3.69. The number of likely N-dealkylation sites (tertiary alicyclic amines) is 1. The fraction of sp³-hybridized carbons (Fsp3) is 1.00. The van der Waals surface area contributed by atoms with E-state index < -0.39 is 23.4 Å². The van der Waals surface area contributed by atoms with Gasteiger partial charge in [0.15, 0.2) is 0 Å². The van der Waals surface area contributed by atoms with Crippen LogP contribution in [0.25, 0.3) is 0 Å². The zero-order chi connectivity index (χ0) is 18.3. The molecule has 146 valence electrons. The first-order chi connectivity index (χ1) is 12.2. The van der Waals surface area contributed by atoms with Crippen LogP contribution in [0.1, 0.15) is 52.4 Å². The van der Waals surface area contributed by atoms with Crippen LogP contribution in [0.15, 0.2) is 0 Å². The molecule has 7 bridgehead atoms. The first kappa shape index (κ1) is 16.7. The molecule has 1 spiro atoms. The van der Waals surface area contributed by atoms with Gasteiger partial charge in [-0.3, -0.25) is 4.90 Å². The zero-order valence-electron chi connectivity index (χ0n) is 15.9. The lowest BCUT2D eigenvalue weighted by Crippen LogP contribution is -2.80. The Bertz CT molecular complexity index is 672. The molecule has 0 aromatic carbocycles. The van der Waals surface area contributed by atoms with E-state index in [0.29, 0.717) is 12.8 Å². The molecule has 0 aromatic heterocycles. The summed E-state index contributed by atoms with van der Waals surface area (Å²) in [4.78, 5) is 2.39. The summed E-state index contributed by atoms with van der Waals surface area (Å²) >= 11 is 0. The third kappa shape index (κ3) is 1.38. The molecule has 1 saturated heterocycles. The summed E-state index contributed by atoms with van der Waals surface area (Å²) in [6.45, 7) is 6.28. The smallest absolute Gasteiger partial charge is 0.110 e. The van der Waals surface area contributed by atoms with E-state index in [4.69, 9.17) is 0 Å². The number of hydrogen-bond acceptors (Lipinski definition) is 5. The normalized spacial score (nSPS) is 68.3. The highest BCUT2D eigenvalue weighted by molar-refractivity contribution is 5.37. The molecular weight excluding hydrogens is 330 g/mol. The quantitative estimate of drug-likeness (QED) is 0.552. The second kappa shape index (κ2) is 4.51. The van der Waals surface area contributed by atoms with E-state index >= 15 is 0 Å². The van der Waals surface area contributed by atoms with Crippen molar-refractivity contribution in [1.82, 2.24) is 4.90 Å². The number of fused-ring (bicyclic) bond motifs is 2. The van der Waals surface area contributed by atoms with Crippen molar-refractivity contribution in [2.75, 3.05) is 13.1 Å². The summed E-state index contributed by atoms with van der Waals surface area (Å²) < 4.78 is 0. The van der Waals surface area contributed by atoms with Crippen LogP contribution in [-0.2, 0) is 0 Å². The van der Waals surface area contributed by atoms with E-state index in [2.05, 4.69) is 18.7 Å². The van der Waals surface area contributed by atoms with Crippen molar-refractivity contribution in [3.63, 3.8) is 0 Å². The molecule has 4 N–H and O–H groups in total. The number of likely N-dealkylation sites (N-methyl/N-ethyl adjacent to an activating group) is 1. The molecule has 0 amide bonds. The van der Waals surface area contributed by atoms with Gasteiger partial charge in [-0.1, -0.05) is 13.8 Å². The van der Waals surface area contributed by atoms with E-state index in [1.807, 2.05) is 0 Å². The van der Waals surface area contributed by atoms with Crippen LogP contribution in [0.2, 0.25) is 0 Å². The molecule has 26 heavy (non-hydrogen) atoms. The number of piperidine rings is 1. The fourth-order valence-corrected chi connectivity index (χ4v) is 9.78. The molecule has 0 radical (unpaired) electrons. The van der Waals surface area contributed by atoms with Gasteiger partial charge in [0.2, 0.25) is 0 Å². The van der Waals surface area contributed by atoms with Gasteiger partial charge in [-0.2, -0.15) is 0 Å². The molecular formula is C21H33NO4. The molecule has 5 heteroatoms. The van der Waals surface area contributed by atoms with E-state index in [1.165, 1.54) is 0 Å². The first-order valence-corrected chi connectivity index (χ1v) is 10.8. The van der Waals surface area contributed by atoms with Gasteiger partial charge in [-0.25, -0.2) is 0 Å². The Hall–Kier alpha value is -0.200. The lowest BCUT2D eigenvalue weighted by Gasteiger charge is -2.69. The molecule has 0 aromatic rings. The summed E-state index contributed by atoms with van der Waals surface area (Å²) in [5.74, 6) is 0.305. The van der Waals surface area contributed by atoms with Gasteiger partial charge in [0.05, 0.1) is 12.2 Å². The highest BCUT2D eigenvalue weighted by Crippen LogP contribution is 2.79. The zero-order valence-corrected chi connectivity index (χ0v) is 15.9. The van der Waals surface area contributed by atoms with Gasteiger partial charge in [0, 0.05) is 23.9 Å². The number of nitrogens with zero attached hydrogens (tertiary/aromatic N) is 1. The highest BCUT2D eigenvalue weighted by atomic mass is 16.4. The predicted molar refractivity (Wildman–Crippen MR) is 95.2 cm³/mol.